The first-order valence-corrected chi connectivity index (χ1v) is 5.29. The Labute approximate surface area is 104 Å². The quantitative estimate of drug-likeness (QED) is 0.758. The number of phenolic OH excluding ortho intramolecular Hbond substituents is 1. The van der Waals surface area contributed by atoms with Crippen LogP contribution in [0.5, 0.6) is 11.5 Å². The summed E-state index contributed by atoms with van der Waals surface area (Å²) in [5.74, 6) is -0.797. The Morgan fingerprint density at radius 1 is 1.65 bits per heavy atom. The minimum absolute atomic E-state index is 0.00568. The van der Waals surface area contributed by atoms with Gasteiger partial charge in [-0.05, 0) is 18.6 Å². The minimum atomic E-state index is -1.13. The second kappa shape index (κ2) is 5.25. The van der Waals surface area contributed by atoms with Gasteiger partial charge >= 0.3 is 5.97 Å². The maximum atomic E-state index is 10.6. The molecule has 0 aliphatic rings. The van der Waals surface area contributed by atoms with Gasteiger partial charge in [0.25, 0.3) is 0 Å². The number of nitrogens with two attached hydrogens (primary N) is 1. The van der Waals surface area contributed by atoms with Crippen LogP contribution in [0.15, 0.2) is 6.07 Å². The monoisotopic (exact) mass is 259 g/mol. The fourth-order valence-corrected chi connectivity index (χ4v) is 1.90. The second-order valence-corrected chi connectivity index (χ2v) is 4.08. The van der Waals surface area contributed by atoms with E-state index in [4.69, 9.17) is 27.2 Å². The fraction of sp³-hybridized carbons (Fsp3) is 0.364. The molecule has 1 aromatic carbocycles. The summed E-state index contributed by atoms with van der Waals surface area (Å²) < 4.78 is 5.02. The van der Waals surface area contributed by atoms with Crippen LogP contribution in [-0.4, -0.2) is 29.3 Å². The average molecular weight is 260 g/mol. The molecule has 0 saturated carbocycles. The number of carboxylic acids is 1. The number of methoxy groups -OCH3 is 1. The Hall–Kier alpha value is -1.46. The number of carboxylic acid groups (broad SMARTS) is 1. The lowest BCUT2D eigenvalue weighted by Gasteiger charge is -2.14. The van der Waals surface area contributed by atoms with Gasteiger partial charge in [-0.15, -0.1) is 0 Å². The van der Waals surface area contributed by atoms with Gasteiger partial charge in [-0.1, -0.05) is 11.6 Å². The van der Waals surface area contributed by atoms with Crippen LogP contribution in [-0.2, 0) is 11.2 Å². The lowest BCUT2D eigenvalue weighted by Crippen LogP contribution is -2.32. The van der Waals surface area contributed by atoms with Crippen LogP contribution in [0.1, 0.15) is 11.1 Å². The maximum absolute atomic E-state index is 10.6. The largest absolute Gasteiger partial charge is 0.507 e. The molecule has 6 heteroatoms. The average Bonchev–Trinajstić information content (AvgIpc) is 2.26. The van der Waals surface area contributed by atoms with Gasteiger partial charge in [-0.25, -0.2) is 0 Å². The number of benzene rings is 1. The molecule has 4 N–H and O–H groups in total. The van der Waals surface area contributed by atoms with Gasteiger partial charge in [-0.3, -0.25) is 4.79 Å². The number of rotatable bonds is 4. The molecule has 0 heterocycles. The highest BCUT2D eigenvalue weighted by Gasteiger charge is 2.19. The molecule has 0 fully saturated rings. The summed E-state index contributed by atoms with van der Waals surface area (Å²) >= 11 is 5.95. The number of hydrogen-bond acceptors (Lipinski definition) is 4. The van der Waals surface area contributed by atoms with Crippen LogP contribution in [0, 0.1) is 6.92 Å². The van der Waals surface area contributed by atoms with Gasteiger partial charge in [0.15, 0.2) is 0 Å². The van der Waals surface area contributed by atoms with Crippen molar-refractivity contribution in [2.24, 2.45) is 5.73 Å². The lowest BCUT2D eigenvalue weighted by molar-refractivity contribution is -0.138. The highest BCUT2D eigenvalue weighted by atomic mass is 35.5. The van der Waals surface area contributed by atoms with Crippen molar-refractivity contribution in [2.75, 3.05) is 7.11 Å². The lowest BCUT2D eigenvalue weighted by atomic mass is 10.0. The number of hydrogen-bond donors (Lipinski definition) is 3. The van der Waals surface area contributed by atoms with Crippen molar-refractivity contribution < 1.29 is 19.7 Å². The molecule has 0 aromatic heterocycles. The minimum Gasteiger partial charge on any atom is -0.507 e. The topological polar surface area (TPSA) is 92.8 Å². The Morgan fingerprint density at radius 3 is 2.71 bits per heavy atom. The van der Waals surface area contributed by atoms with E-state index in [1.54, 1.807) is 6.92 Å². The standard InChI is InChI=1S/C11H14ClNO4/c1-5-9(14)6(4-8(13)11(15)16)3-7(12)10(5)17-2/h3,8,14H,4,13H2,1-2H3,(H,15,16). The molecule has 0 bridgehead atoms. The third-order valence-electron chi connectivity index (χ3n) is 2.48. The van der Waals surface area contributed by atoms with E-state index in [2.05, 4.69) is 0 Å². The van der Waals surface area contributed by atoms with E-state index in [-0.39, 0.29) is 12.2 Å². The highest BCUT2D eigenvalue weighted by Crippen LogP contribution is 2.37. The van der Waals surface area contributed by atoms with E-state index in [9.17, 15) is 9.90 Å². The molecule has 0 aliphatic carbocycles. The van der Waals surface area contributed by atoms with Crippen molar-refractivity contribution in [3.05, 3.63) is 22.2 Å². The van der Waals surface area contributed by atoms with Crippen molar-refractivity contribution >= 4 is 17.6 Å². The SMILES string of the molecule is COc1c(Cl)cc(CC(N)C(=O)O)c(O)c1C. The van der Waals surface area contributed by atoms with E-state index in [1.165, 1.54) is 13.2 Å². The van der Waals surface area contributed by atoms with Crippen molar-refractivity contribution in [2.45, 2.75) is 19.4 Å². The Morgan fingerprint density at radius 2 is 2.24 bits per heavy atom. The first-order chi connectivity index (χ1) is 7.88. The first-order valence-electron chi connectivity index (χ1n) is 4.91. The molecule has 1 unspecified atom stereocenters. The van der Waals surface area contributed by atoms with Crippen LogP contribution in [0.25, 0.3) is 0 Å². The molecule has 0 spiro atoms. The number of carbonyl (C=O) groups is 1. The predicted octanol–water partition coefficient (Wildman–Crippen LogP) is 1.32. The van der Waals surface area contributed by atoms with Gasteiger partial charge in [0.1, 0.15) is 17.5 Å². The van der Waals surface area contributed by atoms with E-state index < -0.39 is 12.0 Å². The van der Waals surface area contributed by atoms with E-state index in [0.29, 0.717) is 21.9 Å². The first kappa shape index (κ1) is 13.6. The number of ether oxygens (including phenoxy) is 1. The van der Waals surface area contributed by atoms with Crippen molar-refractivity contribution in [1.82, 2.24) is 0 Å². The van der Waals surface area contributed by atoms with Gasteiger partial charge in [-0.2, -0.15) is 0 Å². The Bertz CT molecular complexity index is 448. The third kappa shape index (κ3) is 2.81. The highest BCUT2D eigenvalue weighted by molar-refractivity contribution is 6.32. The molecule has 0 amide bonds. The molecule has 0 saturated heterocycles. The van der Waals surface area contributed by atoms with E-state index in [1.807, 2.05) is 0 Å². The van der Waals surface area contributed by atoms with Crippen LogP contribution in [0.3, 0.4) is 0 Å². The Balaban J connectivity index is 3.15. The Kier molecular flexibility index (Phi) is 4.20. The van der Waals surface area contributed by atoms with Crippen molar-refractivity contribution in [1.29, 1.82) is 0 Å². The van der Waals surface area contributed by atoms with Gasteiger partial charge < -0.3 is 20.7 Å². The number of phenols is 1. The summed E-state index contributed by atoms with van der Waals surface area (Å²) in [5, 5.41) is 18.9. The smallest absolute Gasteiger partial charge is 0.320 e. The molecule has 0 radical (unpaired) electrons. The molecule has 0 aliphatic heterocycles. The van der Waals surface area contributed by atoms with E-state index in [0.717, 1.165) is 0 Å². The second-order valence-electron chi connectivity index (χ2n) is 3.67. The molecular formula is C11H14ClNO4. The summed E-state index contributed by atoms with van der Waals surface area (Å²) in [4.78, 5) is 10.6. The molecule has 17 heavy (non-hydrogen) atoms. The van der Waals surface area contributed by atoms with Crippen molar-refractivity contribution in [3.63, 3.8) is 0 Å². The summed E-state index contributed by atoms with van der Waals surface area (Å²) in [5.41, 5.74) is 6.26. The van der Waals surface area contributed by atoms with Gasteiger partial charge in [0, 0.05) is 12.0 Å². The molecular weight excluding hydrogens is 246 g/mol. The summed E-state index contributed by atoms with van der Waals surface area (Å²) in [6, 6.07) is 0.385. The van der Waals surface area contributed by atoms with Crippen LogP contribution in [0.2, 0.25) is 5.02 Å². The zero-order valence-electron chi connectivity index (χ0n) is 9.53. The van der Waals surface area contributed by atoms with Crippen LogP contribution >= 0.6 is 11.6 Å². The molecule has 1 rings (SSSR count). The van der Waals surface area contributed by atoms with Gasteiger partial charge in [0.2, 0.25) is 0 Å². The predicted molar refractivity (Wildman–Crippen MR) is 63.7 cm³/mol. The van der Waals surface area contributed by atoms with Crippen molar-refractivity contribution in [3.8, 4) is 11.5 Å². The van der Waals surface area contributed by atoms with Gasteiger partial charge in [0.05, 0.1) is 12.1 Å². The third-order valence-corrected chi connectivity index (χ3v) is 2.76. The van der Waals surface area contributed by atoms with Crippen LogP contribution in [0.4, 0.5) is 0 Å². The maximum Gasteiger partial charge on any atom is 0.320 e. The summed E-state index contributed by atoms with van der Waals surface area (Å²) in [7, 11) is 1.44. The number of halogens is 1. The number of aromatic hydroxyl groups is 1. The fourth-order valence-electron chi connectivity index (χ4n) is 1.54. The zero-order valence-corrected chi connectivity index (χ0v) is 10.3. The van der Waals surface area contributed by atoms with E-state index >= 15 is 0 Å². The number of aliphatic carboxylic acids is 1. The summed E-state index contributed by atoms with van der Waals surface area (Å²) in [6.07, 6.45) is 0.00568. The zero-order chi connectivity index (χ0) is 13.2. The van der Waals surface area contributed by atoms with Crippen LogP contribution < -0.4 is 10.5 Å². The molecule has 1 aromatic rings. The molecule has 1 atom stereocenters. The molecule has 5 nitrogen and oxygen atoms in total. The molecule has 94 valence electrons. The normalized spacial score (nSPS) is 12.2. The summed E-state index contributed by atoms with van der Waals surface area (Å²) in [6.45, 7) is 1.63.